The van der Waals surface area contributed by atoms with Crippen LogP contribution >= 0.6 is 0 Å². The van der Waals surface area contributed by atoms with Gasteiger partial charge in [0.05, 0.1) is 25.4 Å². The predicted molar refractivity (Wildman–Crippen MR) is 364 cm³/mol. The molecule has 9 nitrogen and oxygen atoms in total. The van der Waals surface area contributed by atoms with Crippen molar-refractivity contribution in [2.75, 3.05) is 13.2 Å². The molecule has 0 aromatic rings. The van der Waals surface area contributed by atoms with E-state index in [1.54, 1.807) is 6.08 Å². The SMILES string of the molecule is CC/C=C\C/C=C\C/C=C\C/C=C\C/C=C\C/C=C\C/C=C\C/C=C\CCCCCCCCCCC(=O)NC(COC1OC(CO)C(O)C(O)C1O)C(O)/C=C/CCCCCCCCCCCCCCCCCCCCCCCCCCCCC. The van der Waals surface area contributed by atoms with Crippen LogP contribution in [0.5, 0.6) is 0 Å². The van der Waals surface area contributed by atoms with Crippen molar-refractivity contribution < 1.29 is 39.8 Å². The number of amides is 1. The monoisotopic (exact) mass is 1190 g/mol. The number of carbonyl (C=O) groups excluding carboxylic acids is 1. The molecule has 0 aliphatic carbocycles. The molecule has 0 saturated carbocycles. The Labute approximate surface area is 523 Å². The lowest BCUT2D eigenvalue weighted by Gasteiger charge is -2.40. The van der Waals surface area contributed by atoms with Gasteiger partial charge in [-0.2, -0.15) is 0 Å². The second-order valence-electron chi connectivity index (χ2n) is 24.3. The van der Waals surface area contributed by atoms with E-state index in [-0.39, 0.29) is 12.5 Å². The van der Waals surface area contributed by atoms with E-state index in [4.69, 9.17) is 9.47 Å². The molecule has 85 heavy (non-hydrogen) atoms. The van der Waals surface area contributed by atoms with Gasteiger partial charge in [-0.25, -0.2) is 0 Å². The summed E-state index contributed by atoms with van der Waals surface area (Å²) in [7, 11) is 0. The molecule has 1 amide bonds. The number of unbranched alkanes of at least 4 members (excludes halogenated alkanes) is 35. The van der Waals surface area contributed by atoms with Gasteiger partial charge in [-0.1, -0.05) is 329 Å². The second kappa shape index (κ2) is 63.9. The fraction of sp³-hybridized carbons (Fsp3) is 0.750. The summed E-state index contributed by atoms with van der Waals surface area (Å²) in [5, 5.41) is 54.8. The van der Waals surface area contributed by atoms with Gasteiger partial charge in [0.25, 0.3) is 0 Å². The first-order valence-electron chi connectivity index (χ1n) is 35.6. The number of hydrogen-bond donors (Lipinski definition) is 6. The van der Waals surface area contributed by atoms with E-state index < -0.39 is 49.5 Å². The van der Waals surface area contributed by atoms with Crippen molar-refractivity contribution in [3.63, 3.8) is 0 Å². The molecule has 1 aliphatic rings. The Hall–Kier alpha value is -3.15. The number of carbonyl (C=O) groups is 1. The number of ether oxygens (including phenoxy) is 2. The lowest BCUT2D eigenvalue weighted by Crippen LogP contribution is -2.60. The number of hydrogen-bond acceptors (Lipinski definition) is 8. The molecule has 7 unspecified atom stereocenters. The zero-order valence-electron chi connectivity index (χ0n) is 54.8. The third kappa shape index (κ3) is 52.5. The molecule has 0 aromatic carbocycles. The molecule has 1 fully saturated rings. The van der Waals surface area contributed by atoms with E-state index in [1.165, 1.54) is 186 Å². The number of nitrogens with one attached hydrogen (secondary N) is 1. The molecule has 9 heteroatoms. The molecule has 1 rings (SSSR count). The van der Waals surface area contributed by atoms with Gasteiger partial charge in [0, 0.05) is 6.42 Å². The third-order valence-electron chi connectivity index (χ3n) is 16.4. The van der Waals surface area contributed by atoms with Gasteiger partial charge in [0.2, 0.25) is 5.91 Å². The molecule has 0 aromatic heterocycles. The Morgan fingerprint density at radius 1 is 0.412 bits per heavy atom. The third-order valence-corrected chi connectivity index (χ3v) is 16.4. The molecule has 490 valence electrons. The summed E-state index contributed by atoms with van der Waals surface area (Å²) in [5.41, 5.74) is 0. The average Bonchev–Trinajstić information content (AvgIpc) is 3.68. The van der Waals surface area contributed by atoms with E-state index in [0.29, 0.717) is 6.42 Å². The highest BCUT2D eigenvalue weighted by atomic mass is 16.7. The second-order valence-corrected chi connectivity index (χ2v) is 24.3. The molecule has 0 radical (unpaired) electrons. The quantitative estimate of drug-likeness (QED) is 0.0261. The maximum atomic E-state index is 13.1. The van der Waals surface area contributed by atoms with Crippen LogP contribution in [0.1, 0.15) is 309 Å². The average molecular weight is 1190 g/mol. The first-order valence-corrected chi connectivity index (χ1v) is 35.6. The lowest BCUT2D eigenvalue weighted by molar-refractivity contribution is -0.302. The minimum atomic E-state index is -1.58. The fourth-order valence-corrected chi connectivity index (χ4v) is 10.8. The summed E-state index contributed by atoms with van der Waals surface area (Å²) < 4.78 is 11.3. The smallest absolute Gasteiger partial charge is 0.220 e. The molecule has 0 bridgehead atoms. The van der Waals surface area contributed by atoms with Crippen molar-refractivity contribution in [3.8, 4) is 0 Å². The van der Waals surface area contributed by atoms with Crippen molar-refractivity contribution in [1.29, 1.82) is 0 Å². The Balaban J connectivity index is 2.17. The van der Waals surface area contributed by atoms with Crippen LogP contribution in [0.25, 0.3) is 0 Å². The van der Waals surface area contributed by atoms with Gasteiger partial charge in [-0.05, 0) is 83.5 Å². The Morgan fingerprint density at radius 3 is 1.08 bits per heavy atom. The minimum absolute atomic E-state index is 0.186. The minimum Gasteiger partial charge on any atom is -0.394 e. The number of rotatable bonds is 61. The molecule has 1 heterocycles. The molecule has 7 atom stereocenters. The molecule has 1 aliphatic heterocycles. The van der Waals surface area contributed by atoms with Crippen molar-refractivity contribution in [1.82, 2.24) is 5.32 Å². The highest BCUT2D eigenvalue weighted by Gasteiger charge is 2.44. The van der Waals surface area contributed by atoms with Gasteiger partial charge < -0.3 is 40.3 Å². The van der Waals surface area contributed by atoms with Gasteiger partial charge in [-0.3, -0.25) is 4.79 Å². The highest BCUT2D eigenvalue weighted by Crippen LogP contribution is 2.23. The Bertz CT molecular complexity index is 1710. The van der Waals surface area contributed by atoms with Gasteiger partial charge in [0.15, 0.2) is 6.29 Å². The lowest BCUT2D eigenvalue weighted by atomic mass is 9.99. The summed E-state index contributed by atoms with van der Waals surface area (Å²) in [6.45, 7) is 3.69. The molecular formula is C76H133NO8. The molecule has 6 N–H and O–H groups in total. The summed E-state index contributed by atoms with van der Waals surface area (Å²) in [5.74, 6) is -0.186. The summed E-state index contributed by atoms with van der Waals surface area (Å²) in [4.78, 5) is 13.1. The predicted octanol–water partition coefficient (Wildman–Crippen LogP) is 19.6. The summed E-state index contributed by atoms with van der Waals surface area (Å²) >= 11 is 0. The maximum Gasteiger partial charge on any atom is 0.220 e. The van der Waals surface area contributed by atoms with Crippen LogP contribution in [0.3, 0.4) is 0 Å². The summed E-state index contributed by atoms with van der Waals surface area (Å²) in [6, 6.07) is -0.819. The Kier molecular flexibility index (Phi) is 60.0. The molecule has 1 saturated heterocycles. The number of aliphatic hydroxyl groups excluding tert-OH is 5. The first-order chi connectivity index (χ1) is 41.8. The normalized spacial score (nSPS) is 18.8. The van der Waals surface area contributed by atoms with E-state index in [0.717, 1.165) is 103 Å². The van der Waals surface area contributed by atoms with Gasteiger partial charge in [0.1, 0.15) is 24.4 Å². The zero-order valence-corrected chi connectivity index (χ0v) is 54.8. The van der Waals surface area contributed by atoms with E-state index >= 15 is 0 Å². The topological polar surface area (TPSA) is 149 Å². The highest BCUT2D eigenvalue weighted by molar-refractivity contribution is 5.76. The first kappa shape index (κ1) is 79.9. The van der Waals surface area contributed by atoms with Crippen LogP contribution in [0.15, 0.2) is 109 Å². The van der Waals surface area contributed by atoms with Crippen LogP contribution in [-0.4, -0.2) is 87.5 Å². The van der Waals surface area contributed by atoms with Crippen LogP contribution in [0.4, 0.5) is 0 Å². The van der Waals surface area contributed by atoms with E-state index in [1.807, 2.05) is 6.08 Å². The van der Waals surface area contributed by atoms with Gasteiger partial charge in [-0.15, -0.1) is 0 Å². The van der Waals surface area contributed by atoms with Crippen molar-refractivity contribution in [3.05, 3.63) is 109 Å². The maximum absolute atomic E-state index is 13.1. The number of allylic oxidation sites excluding steroid dienone is 17. The van der Waals surface area contributed by atoms with Gasteiger partial charge >= 0.3 is 0 Å². The van der Waals surface area contributed by atoms with Crippen LogP contribution in [0, 0.1) is 0 Å². The van der Waals surface area contributed by atoms with E-state index in [9.17, 15) is 30.3 Å². The molecular weight excluding hydrogens is 1050 g/mol. The van der Waals surface area contributed by atoms with Crippen LogP contribution in [0.2, 0.25) is 0 Å². The van der Waals surface area contributed by atoms with Crippen molar-refractivity contribution in [2.24, 2.45) is 0 Å². The molecule has 0 spiro atoms. The van der Waals surface area contributed by atoms with E-state index in [2.05, 4.69) is 116 Å². The van der Waals surface area contributed by atoms with Crippen LogP contribution < -0.4 is 5.32 Å². The van der Waals surface area contributed by atoms with Crippen molar-refractivity contribution >= 4 is 5.91 Å². The van der Waals surface area contributed by atoms with Crippen molar-refractivity contribution in [2.45, 2.75) is 352 Å². The fourth-order valence-electron chi connectivity index (χ4n) is 10.8. The zero-order chi connectivity index (χ0) is 61.4. The number of aliphatic hydroxyl groups is 5. The Morgan fingerprint density at radius 2 is 0.729 bits per heavy atom. The standard InChI is InChI=1S/C76H133NO8/c1-3-5-7-9-11-13-15-17-19-21-23-25-27-29-31-33-34-35-36-38-40-42-44-46-48-50-52-54-56-58-60-62-64-66-72(80)77-69(68-84-76-75(83)74(82)73(81)71(67-78)85-76)70(79)65-63-61-59-57-55-53-51-49-47-45-43-41-39-37-32-30-28-26-24-22-20-18-16-14-12-10-8-6-4-2/h5,7,11,13,17,19,23,25,29,31,34-35,38,40,44,46,63,65,69-71,73-76,78-79,81-83H,3-4,6,8-10,12,14-16,18,20-22,24,26-28,30,32-33,36-37,39,41-43,45,47-62,64,66-68H2,1-2H3,(H,77,80)/b7-5-,13-11-,19-17-,25-23-,31-29-,35-34-,40-38-,46-44-,65-63+. The van der Waals surface area contributed by atoms with Crippen LogP contribution in [-0.2, 0) is 14.3 Å². The largest absolute Gasteiger partial charge is 0.394 e. The summed E-state index contributed by atoms with van der Waals surface area (Å²) in [6.07, 6.45) is 87.6.